The predicted octanol–water partition coefficient (Wildman–Crippen LogP) is 2.54. The fourth-order valence-electron chi connectivity index (χ4n) is 3.01. The van der Waals surface area contributed by atoms with Gasteiger partial charge in [0.05, 0.1) is 17.7 Å². The molecule has 7 heteroatoms. The Morgan fingerprint density at radius 1 is 1.24 bits per heavy atom. The summed E-state index contributed by atoms with van der Waals surface area (Å²) in [6.07, 6.45) is 6.75. The summed E-state index contributed by atoms with van der Waals surface area (Å²) in [5.41, 5.74) is 0.526. The number of fused-ring (bicyclic) bond motifs is 1. The van der Waals surface area contributed by atoms with E-state index in [0.29, 0.717) is 5.13 Å². The Hall–Kier alpha value is -1.63. The number of aromatic nitrogens is 1. The van der Waals surface area contributed by atoms with Crippen molar-refractivity contribution >= 4 is 28.5 Å². The summed E-state index contributed by atoms with van der Waals surface area (Å²) in [5, 5.41) is 15.1. The molecule has 1 heterocycles. The lowest BCUT2D eigenvalue weighted by molar-refractivity contribution is -0.139. The molecule has 3 N–H and O–H groups in total. The maximum atomic E-state index is 12.1. The fraction of sp³-hybridized carbons (Fsp3) is 0.643. The van der Waals surface area contributed by atoms with E-state index < -0.39 is 11.5 Å². The van der Waals surface area contributed by atoms with E-state index in [4.69, 9.17) is 5.11 Å². The van der Waals surface area contributed by atoms with Gasteiger partial charge in [-0.25, -0.2) is 9.78 Å². The minimum absolute atomic E-state index is 0.0191. The number of thiazole rings is 1. The van der Waals surface area contributed by atoms with Crippen LogP contribution in [0.1, 0.15) is 49.1 Å². The highest BCUT2D eigenvalue weighted by Crippen LogP contribution is 2.35. The van der Waals surface area contributed by atoms with E-state index in [2.05, 4.69) is 15.6 Å². The molecule has 114 valence electrons. The molecular weight excluding hydrogens is 290 g/mol. The summed E-state index contributed by atoms with van der Waals surface area (Å²) in [5.74, 6) is -0.875. The average molecular weight is 309 g/mol. The largest absolute Gasteiger partial charge is 0.481 e. The van der Waals surface area contributed by atoms with E-state index in [1.165, 1.54) is 22.6 Å². The third-order valence-electron chi connectivity index (χ3n) is 4.25. The van der Waals surface area contributed by atoms with Crippen molar-refractivity contribution in [1.29, 1.82) is 0 Å². The Morgan fingerprint density at radius 2 is 2.00 bits per heavy atom. The van der Waals surface area contributed by atoms with Gasteiger partial charge < -0.3 is 10.4 Å². The first-order chi connectivity index (χ1) is 10.1. The van der Waals surface area contributed by atoms with Crippen molar-refractivity contribution in [3.05, 3.63) is 10.6 Å². The van der Waals surface area contributed by atoms with Crippen LogP contribution in [0.5, 0.6) is 0 Å². The Kier molecular flexibility index (Phi) is 3.84. The molecule has 2 aliphatic carbocycles. The van der Waals surface area contributed by atoms with Gasteiger partial charge in [-0.2, -0.15) is 0 Å². The Labute approximate surface area is 127 Å². The first-order valence-corrected chi connectivity index (χ1v) is 8.18. The minimum Gasteiger partial charge on any atom is -0.481 e. The zero-order valence-electron chi connectivity index (χ0n) is 11.8. The highest BCUT2D eigenvalue weighted by atomic mass is 32.1. The van der Waals surface area contributed by atoms with E-state index in [-0.39, 0.29) is 12.5 Å². The minimum atomic E-state index is -0.875. The molecule has 0 atom stereocenters. The molecule has 1 aromatic heterocycles. The second-order valence-corrected chi connectivity index (χ2v) is 6.96. The molecule has 0 aromatic carbocycles. The zero-order chi connectivity index (χ0) is 14.9. The van der Waals surface area contributed by atoms with Crippen LogP contribution < -0.4 is 10.6 Å². The van der Waals surface area contributed by atoms with Gasteiger partial charge in [-0.3, -0.25) is 10.1 Å². The quantitative estimate of drug-likeness (QED) is 0.797. The third kappa shape index (κ3) is 3.18. The van der Waals surface area contributed by atoms with Crippen LogP contribution in [-0.2, 0) is 17.6 Å². The van der Waals surface area contributed by atoms with Crippen molar-refractivity contribution in [3.8, 4) is 0 Å². The van der Waals surface area contributed by atoms with Gasteiger partial charge in [0, 0.05) is 4.88 Å². The number of aliphatic carboxylic acids is 1. The molecule has 1 fully saturated rings. The van der Waals surface area contributed by atoms with E-state index in [0.717, 1.165) is 44.2 Å². The summed E-state index contributed by atoms with van der Waals surface area (Å²) in [4.78, 5) is 28.7. The number of anilines is 1. The number of hydrogen-bond donors (Lipinski definition) is 3. The lowest BCUT2D eigenvalue weighted by atomic mass is 9.74. The van der Waals surface area contributed by atoms with Crippen LogP contribution in [0.15, 0.2) is 0 Å². The molecule has 6 nitrogen and oxygen atoms in total. The molecule has 3 rings (SSSR count). The number of rotatable bonds is 4. The van der Waals surface area contributed by atoms with Crippen molar-refractivity contribution in [2.24, 2.45) is 0 Å². The highest BCUT2D eigenvalue weighted by molar-refractivity contribution is 7.15. The van der Waals surface area contributed by atoms with Gasteiger partial charge in [0.15, 0.2) is 5.13 Å². The van der Waals surface area contributed by atoms with Crippen LogP contribution in [0.25, 0.3) is 0 Å². The molecule has 2 aliphatic rings. The van der Waals surface area contributed by atoms with E-state index in [1.54, 1.807) is 0 Å². The zero-order valence-corrected chi connectivity index (χ0v) is 12.6. The second kappa shape index (κ2) is 5.63. The molecule has 0 unspecified atom stereocenters. The van der Waals surface area contributed by atoms with Crippen LogP contribution in [-0.4, -0.2) is 27.6 Å². The molecule has 0 radical (unpaired) electrons. The number of carboxylic acids is 1. The molecule has 1 saturated carbocycles. The van der Waals surface area contributed by atoms with Crippen LogP contribution in [0.4, 0.5) is 9.93 Å². The van der Waals surface area contributed by atoms with Gasteiger partial charge in [-0.15, -0.1) is 11.3 Å². The van der Waals surface area contributed by atoms with Crippen LogP contribution in [0.3, 0.4) is 0 Å². The van der Waals surface area contributed by atoms with Crippen molar-refractivity contribution in [3.63, 3.8) is 0 Å². The second-order valence-electron chi connectivity index (χ2n) is 5.88. The fourth-order valence-corrected chi connectivity index (χ4v) is 4.06. The van der Waals surface area contributed by atoms with Crippen LogP contribution >= 0.6 is 11.3 Å². The van der Waals surface area contributed by atoms with Crippen LogP contribution in [0.2, 0.25) is 0 Å². The summed E-state index contributed by atoms with van der Waals surface area (Å²) < 4.78 is 0. The Balaban J connectivity index is 1.61. The first-order valence-electron chi connectivity index (χ1n) is 7.36. The molecule has 0 bridgehead atoms. The number of carbonyl (C=O) groups excluding carboxylic acids is 1. The van der Waals surface area contributed by atoms with Gasteiger partial charge in [-0.05, 0) is 44.9 Å². The van der Waals surface area contributed by atoms with Gasteiger partial charge >= 0.3 is 12.0 Å². The topological polar surface area (TPSA) is 91.3 Å². The average Bonchev–Trinajstić information content (AvgIpc) is 2.77. The van der Waals surface area contributed by atoms with Crippen molar-refractivity contribution in [1.82, 2.24) is 10.3 Å². The number of urea groups is 1. The Morgan fingerprint density at radius 3 is 2.62 bits per heavy atom. The van der Waals surface area contributed by atoms with E-state index in [9.17, 15) is 9.59 Å². The first kappa shape index (κ1) is 14.3. The summed E-state index contributed by atoms with van der Waals surface area (Å²) >= 11 is 1.53. The van der Waals surface area contributed by atoms with Crippen LogP contribution in [0, 0.1) is 0 Å². The summed E-state index contributed by atoms with van der Waals surface area (Å²) in [7, 11) is 0. The third-order valence-corrected chi connectivity index (χ3v) is 5.32. The lowest BCUT2D eigenvalue weighted by Gasteiger charge is -2.41. The molecule has 21 heavy (non-hydrogen) atoms. The molecule has 0 spiro atoms. The molecule has 1 aromatic rings. The van der Waals surface area contributed by atoms with Crippen molar-refractivity contribution < 1.29 is 14.7 Å². The number of carbonyl (C=O) groups is 2. The van der Waals surface area contributed by atoms with E-state index in [1.807, 2.05) is 0 Å². The van der Waals surface area contributed by atoms with Gasteiger partial charge in [0.1, 0.15) is 0 Å². The lowest BCUT2D eigenvalue weighted by Crippen LogP contribution is -2.55. The molecule has 2 amide bonds. The number of nitrogens with one attached hydrogen (secondary N) is 2. The van der Waals surface area contributed by atoms with Gasteiger partial charge in [0.25, 0.3) is 0 Å². The van der Waals surface area contributed by atoms with Gasteiger partial charge in [0.2, 0.25) is 0 Å². The van der Waals surface area contributed by atoms with E-state index >= 15 is 0 Å². The number of carboxylic acid groups (broad SMARTS) is 1. The maximum absolute atomic E-state index is 12.1. The standard InChI is InChI=1S/C14H19N3O3S/c18-11(19)8-14(6-3-7-14)17-12(20)16-13-15-9-4-1-2-5-10(9)21-13/h1-8H2,(H,18,19)(H2,15,16,17,20). The number of aryl methyl sites for hydroxylation is 2. The molecular formula is C14H19N3O3S. The van der Waals surface area contributed by atoms with Crippen molar-refractivity contribution in [2.45, 2.75) is 56.9 Å². The normalized spacial score (nSPS) is 19.2. The highest BCUT2D eigenvalue weighted by Gasteiger charge is 2.40. The number of hydrogen-bond acceptors (Lipinski definition) is 4. The smallest absolute Gasteiger partial charge is 0.321 e. The summed E-state index contributed by atoms with van der Waals surface area (Å²) in [6.45, 7) is 0. The predicted molar refractivity (Wildman–Crippen MR) is 79.7 cm³/mol. The monoisotopic (exact) mass is 309 g/mol. The summed E-state index contributed by atoms with van der Waals surface area (Å²) in [6, 6.07) is -0.345. The number of amides is 2. The van der Waals surface area contributed by atoms with Crippen molar-refractivity contribution in [2.75, 3.05) is 5.32 Å². The maximum Gasteiger partial charge on any atom is 0.321 e. The molecule has 0 aliphatic heterocycles. The molecule has 0 saturated heterocycles. The SMILES string of the molecule is O=C(O)CC1(NC(=O)Nc2nc3c(s2)CCCC3)CCC1. The number of nitrogens with zero attached hydrogens (tertiary/aromatic N) is 1. The van der Waals surface area contributed by atoms with Gasteiger partial charge in [-0.1, -0.05) is 0 Å². The Bertz CT molecular complexity index is 542.